The number of nitrogens with zero attached hydrogens (tertiary/aromatic N) is 1. The van der Waals surface area contributed by atoms with Gasteiger partial charge in [-0.25, -0.2) is 13.8 Å². The van der Waals surface area contributed by atoms with Crippen molar-refractivity contribution in [2.24, 2.45) is 0 Å². The molecule has 2 aromatic carbocycles. The van der Waals surface area contributed by atoms with E-state index in [4.69, 9.17) is 0 Å². The van der Waals surface area contributed by atoms with Crippen molar-refractivity contribution in [3.05, 3.63) is 79.7 Å². The minimum Gasteiger partial charge on any atom is -0.320 e. The lowest BCUT2D eigenvalue weighted by molar-refractivity contribution is 0.102. The third-order valence-corrected chi connectivity index (χ3v) is 5.31. The largest absolute Gasteiger partial charge is 0.320 e. The van der Waals surface area contributed by atoms with Crippen molar-refractivity contribution < 1.29 is 13.6 Å². The molecule has 1 N–H and O–H groups in total. The summed E-state index contributed by atoms with van der Waals surface area (Å²) in [6, 6.07) is 10.2. The van der Waals surface area contributed by atoms with Crippen LogP contribution in [0.2, 0.25) is 0 Å². The highest BCUT2D eigenvalue weighted by molar-refractivity contribution is 9.10. The summed E-state index contributed by atoms with van der Waals surface area (Å²) in [6.07, 6.45) is 0.527. The average Bonchev–Trinajstić information content (AvgIpc) is 2.93. The second-order valence-electron chi connectivity index (χ2n) is 5.40. The number of hydrogen-bond acceptors (Lipinski definition) is 3. The fourth-order valence-corrected chi connectivity index (χ4v) is 3.73. The summed E-state index contributed by atoms with van der Waals surface area (Å²) in [4.78, 5) is 17.4. The van der Waals surface area contributed by atoms with Gasteiger partial charge in [-0.2, -0.15) is 0 Å². The Bertz CT molecular complexity index is 925. The van der Waals surface area contributed by atoms with Crippen LogP contribution in [0.25, 0.3) is 0 Å². The lowest BCUT2D eigenvalue weighted by Crippen LogP contribution is -2.12. The van der Waals surface area contributed by atoms with E-state index in [2.05, 4.69) is 26.2 Å². The Morgan fingerprint density at radius 1 is 1.16 bits per heavy atom. The second kappa shape index (κ2) is 7.41. The van der Waals surface area contributed by atoms with E-state index in [1.165, 1.54) is 41.7 Å². The lowest BCUT2D eigenvalue weighted by Gasteiger charge is -2.06. The van der Waals surface area contributed by atoms with Gasteiger partial charge in [0, 0.05) is 10.9 Å². The van der Waals surface area contributed by atoms with E-state index in [9.17, 15) is 13.6 Å². The zero-order valence-electron chi connectivity index (χ0n) is 13.1. The van der Waals surface area contributed by atoms with Crippen molar-refractivity contribution in [3.8, 4) is 0 Å². The molecule has 0 radical (unpaired) electrons. The number of anilines is 1. The van der Waals surface area contributed by atoms with Gasteiger partial charge in [0.15, 0.2) is 0 Å². The first-order valence-corrected chi connectivity index (χ1v) is 9.00. The van der Waals surface area contributed by atoms with Crippen LogP contribution in [0.5, 0.6) is 0 Å². The number of carbonyl (C=O) groups excluding carboxylic acids is 1. The fraction of sp³-hybridized carbons (Fsp3) is 0.111. The molecule has 3 rings (SSSR count). The molecule has 3 aromatic rings. The number of aryl methyl sites for hydroxylation is 1. The Labute approximate surface area is 155 Å². The van der Waals surface area contributed by atoms with Crippen LogP contribution in [0, 0.1) is 18.6 Å². The zero-order valence-corrected chi connectivity index (χ0v) is 15.5. The number of benzene rings is 2. The normalized spacial score (nSPS) is 10.7. The van der Waals surface area contributed by atoms with Crippen LogP contribution in [-0.2, 0) is 6.42 Å². The first-order valence-electron chi connectivity index (χ1n) is 7.39. The molecule has 0 spiro atoms. The van der Waals surface area contributed by atoms with E-state index < -0.39 is 0 Å². The highest BCUT2D eigenvalue weighted by Crippen LogP contribution is 2.26. The summed E-state index contributed by atoms with van der Waals surface area (Å²) in [5.74, 6) is -0.975. The number of amides is 1. The maximum absolute atomic E-state index is 13.1. The minimum atomic E-state index is -0.388. The molecule has 0 aliphatic rings. The molecule has 0 saturated carbocycles. The Balaban J connectivity index is 1.77. The van der Waals surface area contributed by atoms with E-state index >= 15 is 0 Å². The first-order chi connectivity index (χ1) is 11.9. The molecule has 0 aliphatic carbocycles. The van der Waals surface area contributed by atoms with E-state index in [1.54, 1.807) is 19.1 Å². The van der Waals surface area contributed by atoms with E-state index in [0.29, 0.717) is 27.2 Å². The summed E-state index contributed by atoms with van der Waals surface area (Å²) >= 11 is 4.51. The van der Waals surface area contributed by atoms with Gasteiger partial charge >= 0.3 is 0 Å². The van der Waals surface area contributed by atoms with Gasteiger partial charge in [0.1, 0.15) is 16.5 Å². The number of thiazole rings is 1. The Morgan fingerprint density at radius 3 is 2.52 bits per heavy atom. The summed E-state index contributed by atoms with van der Waals surface area (Å²) in [5, 5.41) is 3.52. The number of nitrogens with one attached hydrogen (secondary N) is 1. The summed E-state index contributed by atoms with van der Waals surface area (Å²) in [6.45, 7) is 1.76. The molecule has 0 aliphatic heterocycles. The van der Waals surface area contributed by atoms with Crippen molar-refractivity contribution >= 4 is 38.9 Å². The first kappa shape index (κ1) is 17.7. The number of carbonyl (C=O) groups is 1. The van der Waals surface area contributed by atoms with Crippen molar-refractivity contribution in [3.63, 3.8) is 0 Å². The van der Waals surface area contributed by atoms with Crippen molar-refractivity contribution in [2.45, 2.75) is 13.3 Å². The van der Waals surface area contributed by atoms with E-state index in [1.807, 2.05) is 0 Å². The van der Waals surface area contributed by atoms with E-state index in [-0.39, 0.29) is 17.5 Å². The molecule has 7 heteroatoms. The lowest BCUT2D eigenvalue weighted by atomic mass is 10.1. The molecule has 0 fully saturated rings. The second-order valence-corrected chi connectivity index (χ2v) is 7.34. The van der Waals surface area contributed by atoms with Crippen LogP contribution < -0.4 is 5.32 Å². The van der Waals surface area contributed by atoms with Crippen LogP contribution in [0.3, 0.4) is 0 Å². The third-order valence-electron chi connectivity index (χ3n) is 3.50. The highest BCUT2D eigenvalue weighted by atomic mass is 79.9. The predicted molar refractivity (Wildman–Crippen MR) is 98.1 cm³/mol. The summed E-state index contributed by atoms with van der Waals surface area (Å²) in [5.41, 5.74) is 2.03. The van der Waals surface area contributed by atoms with Gasteiger partial charge in [-0.15, -0.1) is 11.3 Å². The molecule has 128 valence electrons. The van der Waals surface area contributed by atoms with Gasteiger partial charge in [0.2, 0.25) is 0 Å². The fourth-order valence-electron chi connectivity index (χ4n) is 2.29. The molecule has 0 unspecified atom stereocenters. The molecule has 25 heavy (non-hydrogen) atoms. The number of halogens is 3. The van der Waals surface area contributed by atoms with Gasteiger partial charge in [0.05, 0.1) is 16.4 Å². The molecule has 0 bridgehead atoms. The van der Waals surface area contributed by atoms with Gasteiger partial charge in [0.25, 0.3) is 5.91 Å². The maximum Gasteiger partial charge on any atom is 0.267 e. The summed E-state index contributed by atoms with van der Waals surface area (Å²) in [7, 11) is 0. The molecule has 3 nitrogen and oxygen atoms in total. The van der Waals surface area contributed by atoms with Gasteiger partial charge < -0.3 is 5.32 Å². The number of aromatic nitrogens is 1. The highest BCUT2D eigenvalue weighted by Gasteiger charge is 2.17. The average molecular weight is 423 g/mol. The number of rotatable bonds is 4. The maximum atomic E-state index is 13.1. The molecule has 0 atom stereocenters. The van der Waals surface area contributed by atoms with E-state index in [0.717, 1.165) is 10.6 Å². The minimum absolute atomic E-state index is 0.288. The predicted octanol–water partition coefficient (Wildman–Crippen LogP) is 5.34. The smallest absolute Gasteiger partial charge is 0.267 e. The van der Waals surface area contributed by atoms with Crippen LogP contribution >= 0.6 is 27.3 Å². The Kier molecular flexibility index (Phi) is 5.24. The molecule has 1 amide bonds. The van der Waals surface area contributed by atoms with Crippen LogP contribution in [0.4, 0.5) is 14.5 Å². The Morgan fingerprint density at radius 2 is 1.84 bits per heavy atom. The van der Waals surface area contributed by atoms with Gasteiger partial charge in [-0.1, -0.05) is 12.1 Å². The zero-order chi connectivity index (χ0) is 18.0. The monoisotopic (exact) mass is 422 g/mol. The standard InChI is InChI=1S/C18H13BrF2N2OS/c1-10-17(18(24)23-15-7-6-13(21)9-14(15)19)25-16(22-10)8-11-2-4-12(20)5-3-11/h2-7,9H,8H2,1H3,(H,23,24). The molecule has 1 heterocycles. The topological polar surface area (TPSA) is 42.0 Å². The van der Waals surface area contributed by atoms with Gasteiger partial charge in [-0.05, 0) is 58.7 Å². The Hall–Kier alpha value is -2.12. The SMILES string of the molecule is Cc1nc(Cc2ccc(F)cc2)sc1C(=O)Nc1ccc(F)cc1Br. The third kappa shape index (κ3) is 4.29. The van der Waals surface area contributed by atoms with Crippen molar-refractivity contribution in [2.75, 3.05) is 5.32 Å². The van der Waals surface area contributed by atoms with Gasteiger partial charge in [-0.3, -0.25) is 4.79 Å². The van der Waals surface area contributed by atoms with Crippen molar-refractivity contribution in [1.82, 2.24) is 4.98 Å². The van der Waals surface area contributed by atoms with Crippen LogP contribution in [0.15, 0.2) is 46.9 Å². The van der Waals surface area contributed by atoms with Crippen LogP contribution in [-0.4, -0.2) is 10.9 Å². The molecular formula is C18H13BrF2N2OS. The number of hydrogen-bond donors (Lipinski definition) is 1. The summed E-state index contributed by atoms with van der Waals surface area (Å²) < 4.78 is 26.6. The van der Waals surface area contributed by atoms with Crippen molar-refractivity contribution in [1.29, 1.82) is 0 Å². The molecular weight excluding hydrogens is 410 g/mol. The molecule has 1 aromatic heterocycles. The van der Waals surface area contributed by atoms with Crippen LogP contribution in [0.1, 0.15) is 25.9 Å². The molecule has 0 saturated heterocycles. The quantitative estimate of drug-likeness (QED) is 0.616.